The summed E-state index contributed by atoms with van der Waals surface area (Å²) in [7, 11) is 0. The van der Waals surface area contributed by atoms with Crippen molar-refractivity contribution in [2.45, 2.75) is 25.8 Å². The van der Waals surface area contributed by atoms with E-state index in [1.165, 1.54) is 18.2 Å². The normalized spacial score (nSPS) is 12.1. The van der Waals surface area contributed by atoms with E-state index < -0.39 is 0 Å². The maximum atomic E-state index is 11.8. The summed E-state index contributed by atoms with van der Waals surface area (Å²) >= 11 is 0. The molecule has 0 aliphatic heterocycles. The first kappa shape index (κ1) is 13.3. The number of aromatic hydroxyl groups is 2. The van der Waals surface area contributed by atoms with Crippen molar-refractivity contribution in [1.82, 2.24) is 5.32 Å². The number of carbonyl (C=O) groups is 1. The number of hydrogen-bond donors (Lipinski definition) is 4. The summed E-state index contributed by atoms with van der Waals surface area (Å²) in [4.78, 5) is 11.8. The van der Waals surface area contributed by atoms with Crippen molar-refractivity contribution in [3.8, 4) is 11.5 Å². The van der Waals surface area contributed by atoms with Crippen LogP contribution in [0.4, 0.5) is 0 Å². The molecule has 1 aromatic carbocycles. The van der Waals surface area contributed by atoms with E-state index in [4.69, 9.17) is 5.73 Å². The third-order valence-corrected chi connectivity index (χ3v) is 2.42. The number of phenols is 2. The van der Waals surface area contributed by atoms with Gasteiger partial charge in [0.2, 0.25) is 0 Å². The van der Waals surface area contributed by atoms with Gasteiger partial charge in [0.1, 0.15) is 11.5 Å². The van der Waals surface area contributed by atoms with E-state index in [-0.39, 0.29) is 29.0 Å². The van der Waals surface area contributed by atoms with Crippen LogP contribution in [0, 0.1) is 0 Å². The number of phenolic OH excluding ortho intramolecular Hbond substituents is 2. The van der Waals surface area contributed by atoms with Crippen LogP contribution in [0.2, 0.25) is 0 Å². The molecule has 94 valence electrons. The van der Waals surface area contributed by atoms with Crippen LogP contribution in [0.5, 0.6) is 11.5 Å². The molecule has 0 bridgehead atoms. The standard InChI is InChI=1S/C12H18N2O3/c1-2-3-9(7-13)14-12(17)8-4-10(15)6-11(16)5-8/h4-6,9,15-16H,2-3,7,13H2,1H3,(H,14,17). The highest BCUT2D eigenvalue weighted by atomic mass is 16.3. The average Bonchev–Trinajstić information content (AvgIpc) is 2.27. The number of amides is 1. The molecule has 1 rings (SSSR count). The molecule has 0 spiro atoms. The van der Waals surface area contributed by atoms with Crippen LogP contribution >= 0.6 is 0 Å². The highest BCUT2D eigenvalue weighted by Gasteiger charge is 2.13. The largest absolute Gasteiger partial charge is 0.508 e. The van der Waals surface area contributed by atoms with Gasteiger partial charge in [-0.25, -0.2) is 0 Å². The van der Waals surface area contributed by atoms with Crippen molar-refractivity contribution in [1.29, 1.82) is 0 Å². The Balaban J connectivity index is 2.75. The molecule has 1 amide bonds. The minimum absolute atomic E-state index is 0.0861. The van der Waals surface area contributed by atoms with Gasteiger partial charge in [0, 0.05) is 24.2 Å². The molecular weight excluding hydrogens is 220 g/mol. The second-order valence-corrected chi connectivity index (χ2v) is 3.93. The Morgan fingerprint density at radius 3 is 2.41 bits per heavy atom. The molecule has 0 saturated heterocycles. The fourth-order valence-electron chi connectivity index (χ4n) is 1.59. The zero-order chi connectivity index (χ0) is 12.8. The minimum atomic E-state index is -0.347. The quantitative estimate of drug-likeness (QED) is 0.614. The molecule has 1 aromatic rings. The van der Waals surface area contributed by atoms with E-state index >= 15 is 0 Å². The van der Waals surface area contributed by atoms with Crippen LogP contribution in [0.3, 0.4) is 0 Å². The van der Waals surface area contributed by atoms with E-state index in [1.807, 2.05) is 6.92 Å². The van der Waals surface area contributed by atoms with Crippen molar-refractivity contribution in [3.05, 3.63) is 23.8 Å². The molecule has 1 unspecified atom stereocenters. The molecular formula is C12H18N2O3. The lowest BCUT2D eigenvalue weighted by atomic mass is 10.1. The van der Waals surface area contributed by atoms with Crippen molar-refractivity contribution >= 4 is 5.91 Å². The maximum absolute atomic E-state index is 11.8. The van der Waals surface area contributed by atoms with Gasteiger partial charge in [-0.15, -0.1) is 0 Å². The van der Waals surface area contributed by atoms with Crippen molar-refractivity contribution in [3.63, 3.8) is 0 Å². The zero-order valence-electron chi connectivity index (χ0n) is 9.81. The molecule has 17 heavy (non-hydrogen) atoms. The van der Waals surface area contributed by atoms with E-state index in [1.54, 1.807) is 0 Å². The molecule has 0 aromatic heterocycles. The average molecular weight is 238 g/mol. The number of carbonyl (C=O) groups excluding carboxylic acids is 1. The smallest absolute Gasteiger partial charge is 0.251 e. The Hall–Kier alpha value is -1.75. The molecule has 0 heterocycles. The van der Waals surface area contributed by atoms with Crippen LogP contribution in [0.1, 0.15) is 30.1 Å². The highest BCUT2D eigenvalue weighted by molar-refractivity contribution is 5.95. The number of rotatable bonds is 5. The second kappa shape index (κ2) is 6.10. The molecule has 5 nitrogen and oxygen atoms in total. The van der Waals surface area contributed by atoms with E-state index in [2.05, 4.69) is 5.32 Å². The topological polar surface area (TPSA) is 95.6 Å². The fourth-order valence-corrected chi connectivity index (χ4v) is 1.59. The first-order chi connectivity index (χ1) is 8.06. The van der Waals surface area contributed by atoms with Gasteiger partial charge in [-0.05, 0) is 18.6 Å². The van der Waals surface area contributed by atoms with Gasteiger partial charge in [0.05, 0.1) is 0 Å². The van der Waals surface area contributed by atoms with Gasteiger partial charge in [-0.2, -0.15) is 0 Å². The van der Waals surface area contributed by atoms with Crippen LogP contribution < -0.4 is 11.1 Å². The summed E-state index contributed by atoms with van der Waals surface area (Å²) in [6.45, 7) is 2.37. The highest BCUT2D eigenvalue weighted by Crippen LogP contribution is 2.20. The Kier molecular flexibility index (Phi) is 4.78. The fraction of sp³-hybridized carbons (Fsp3) is 0.417. The minimum Gasteiger partial charge on any atom is -0.508 e. The number of nitrogens with two attached hydrogens (primary N) is 1. The zero-order valence-corrected chi connectivity index (χ0v) is 9.81. The maximum Gasteiger partial charge on any atom is 0.251 e. The Morgan fingerprint density at radius 2 is 1.94 bits per heavy atom. The monoisotopic (exact) mass is 238 g/mol. The number of benzene rings is 1. The predicted molar refractivity (Wildman–Crippen MR) is 65.0 cm³/mol. The van der Waals surface area contributed by atoms with Crippen molar-refractivity contribution in [2.24, 2.45) is 5.73 Å². The summed E-state index contributed by atoms with van der Waals surface area (Å²) in [5.74, 6) is -0.634. The van der Waals surface area contributed by atoms with Crippen molar-refractivity contribution in [2.75, 3.05) is 6.54 Å². The van der Waals surface area contributed by atoms with E-state index in [0.29, 0.717) is 6.54 Å². The van der Waals surface area contributed by atoms with Crippen LogP contribution in [0.15, 0.2) is 18.2 Å². The summed E-state index contributed by atoms with van der Waals surface area (Å²) in [5.41, 5.74) is 5.75. The van der Waals surface area contributed by atoms with Gasteiger partial charge in [0.15, 0.2) is 0 Å². The van der Waals surface area contributed by atoms with E-state index in [9.17, 15) is 15.0 Å². The molecule has 5 heteroatoms. The SMILES string of the molecule is CCCC(CN)NC(=O)c1cc(O)cc(O)c1. The Bertz CT molecular complexity index is 373. The van der Waals surface area contributed by atoms with Gasteiger partial charge in [-0.3, -0.25) is 4.79 Å². The van der Waals surface area contributed by atoms with Crippen LogP contribution in [-0.4, -0.2) is 28.7 Å². The van der Waals surface area contributed by atoms with Gasteiger partial charge in [0.25, 0.3) is 5.91 Å². The first-order valence-electron chi connectivity index (χ1n) is 5.60. The van der Waals surface area contributed by atoms with Crippen molar-refractivity contribution < 1.29 is 15.0 Å². The molecule has 5 N–H and O–H groups in total. The molecule has 0 aliphatic rings. The third-order valence-electron chi connectivity index (χ3n) is 2.42. The van der Waals surface area contributed by atoms with Crippen LogP contribution in [0.25, 0.3) is 0 Å². The molecule has 0 saturated carbocycles. The summed E-state index contributed by atoms with van der Waals surface area (Å²) in [6.07, 6.45) is 1.72. The lowest BCUT2D eigenvalue weighted by Gasteiger charge is -2.16. The van der Waals surface area contributed by atoms with E-state index in [0.717, 1.165) is 12.8 Å². The number of hydrogen-bond acceptors (Lipinski definition) is 4. The first-order valence-corrected chi connectivity index (χ1v) is 5.60. The molecule has 0 fully saturated rings. The lowest BCUT2D eigenvalue weighted by molar-refractivity contribution is 0.0935. The molecule has 1 atom stereocenters. The predicted octanol–water partition coefficient (Wildman–Crippen LogP) is 0.955. The Morgan fingerprint density at radius 1 is 1.35 bits per heavy atom. The number of nitrogens with one attached hydrogen (secondary N) is 1. The summed E-state index contributed by atoms with van der Waals surface area (Å²) < 4.78 is 0. The van der Waals surface area contributed by atoms with Crippen LogP contribution in [-0.2, 0) is 0 Å². The van der Waals surface area contributed by atoms with Gasteiger partial charge >= 0.3 is 0 Å². The van der Waals surface area contributed by atoms with Gasteiger partial charge < -0.3 is 21.3 Å². The summed E-state index contributed by atoms with van der Waals surface area (Å²) in [6, 6.07) is 3.68. The third kappa shape index (κ3) is 3.96. The molecule has 0 radical (unpaired) electrons. The molecule has 0 aliphatic carbocycles. The van der Waals surface area contributed by atoms with Gasteiger partial charge in [-0.1, -0.05) is 13.3 Å². The second-order valence-electron chi connectivity index (χ2n) is 3.93. The lowest BCUT2D eigenvalue weighted by Crippen LogP contribution is -2.40. The summed E-state index contributed by atoms with van der Waals surface area (Å²) in [5, 5.41) is 21.3. The Labute approximate surface area is 100 Å².